The van der Waals surface area contributed by atoms with Gasteiger partial charge in [-0.1, -0.05) is 13.3 Å². The fourth-order valence-corrected chi connectivity index (χ4v) is 1.25. The van der Waals surface area contributed by atoms with Crippen LogP contribution in [0.5, 0.6) is 0 Å². The Morgan fingerprint density at radius 1 is 1.27 bits per heavy atom. The van der Waals surface area contributed by atoms with Crippen molar-refractivity contribution in [3.63, 3.8) is 0 Å². The number of esters is 2. The number of ether oxygens (including phenoxy) is 2. The summed E-state index contributed by atoms with van der Waals surface area (Å²) in [6.45, 7) is 3.76. The molecular weight excluding hydrogens is 196 g/mol. The molecule has 0 amide bonds. The Morgan fingerprint density at radius 2 is 1.93 bits per heavy atom. The standard InChI is InChI=1S/C11H14O4/c1-3-4-9-7-14-10(12)5-6-11(13)15-8(9)2/h5-8H,3-4H2,1-2H3/b6-5-,9-7-. The van der Waals surface area contributed by atoms with Gasteiger partial charge in [-0.05, 0) is 13.3 Å². The van der Waals surface area contributed by atoms with E-state index in [0.717, 1.165) is 30.6 Å². The van der Waals surface area contributed by atoms with Gasteiger partial charge < -0.3 is 9.47 Å². The van der Waals surface area contributed by atoms with Crippen LogP contribution in [0.4, 0.5) is 0 Å². The van der Waals surface area contributed by atoms with Crippen molar-refractivity contribution in [1.82, 2.24) is 0 Å². The van der Waals surface area contributed by atoms with Crippen LogP contribution in [0.1, 0.15) is 26.7 Å². The molecule has 4 heteroatoms. The summed E-state index contributed by atoms with van der Waals surface area (Å²) in [6.07, 6.45) is 4.79. The molecule has 1 aliphatic rings. The normalized spacial score (nSPS) is 27.6. The molecule has 0 radical (unpaired) electrons. The fourth-order valence-electron chi connectivity index (χ4n) is 1.25. The molecule has 0 bridgehead atoms. The Bertz CT molecular complexity index is 315. The minimum absolute atomic E-state index is 0.354. The van der Waals surface area contributed by atoms with Crippen molar-refractivity contribution < 1.29 is 19.1 Å². The predicted molar refractivity (Wildman–Crippen MR) is 53.8 cm³/mol. The van der Waals surface area contributed by atoms with Crippen molar-refractivity contribution in [3.8, 4) is 0 Å². The minimum atomic E-state index is -0.561. The maximum Gasteiger partial charge on any atom is 0.335 e. The first-order valence-electron chi connectivity index (χ1n) is 4.91. The predicted octanol–water partition coefficient (Wildman–Crippen LogP) is 1.72. The Hall–Kier alpha value is -1.58. The van der Waals surface area contributed by atoms with E-state index in [0.29, 0.717) is 0 Å². The highest BCUT2D eigenvalue weighted by Gasteiger charge is 2.15. The summed E-state index contributed by atoms with van der Waals surface area (Å²) < 4.78 is 9.89. The first-order chi connectivity index (χ1) is 7.13. The molecule has 1 aliphatic heterocycles. The Kier molecular flexibility index (Phi) is 4.09. The highest BCUT2D eigenvalue weighted by atomic mass is 16.5. The smallest absolute Gasteiger partial charge is 0.335 e. The van der Waals surface area contributed by atoms with Gasteiger partial charge in [0.25, 0.3) is 0 Å². The summed E-state index contributed by atoms with van der Waals surface area (Å²) in [5, 5.41) is 0. The van der Waals surface area contributed by atoms with Crippen LogP contribution < -0.4 is 0 Å². The molecule has 0 spiro atoms. The molecule has 15 heavy (non-hydrogen) atoms. The summed E-state index contributed by atoms with van der Waals surface area (Å²) in [7, 11) is 0. The van der Waals surface area contributed by atoms with Crippen LogP contribution in [-0.4, -0.2) is 18.0 Å². The molecule has 0 aromatic rings. The van der Waals surface area contributed by atoms with Crippen molar-refractivity contribution in [2.24, 2.45) is 0 Å². The highest BCUT2D eigenvalue weighted by Crippen LogP contribution is 2.15. The van der Waals surface area contributed by atoms with Crippen molar-refractivity contribution in [1.29, 1.82) is 0 Å². The lowest BCUT2D eigenvalue weighted by molar-refractivity contribution is -0.140. The lowest BCUT2D eigenvalue weighted by atomic mass is 10.1. The van der Waals surface area contributed by atoms with Gasteiger partial charge >= 0.3 is 11.9 Å². The van der Waals surface area contributed by atoms with Gasteiger partial charge in [0.15, 0.2) is 0 Å². The third-order valence-corrected chi connectivity index (χ3v) is 2.04. The molecule has 4 nitrogen and oxygen atoms in total. The van der Waals surface area contributed by atoms with Gasteiger partial charge in [-0.2, -0.15) is 0 Å². The molecule has 1 rings (SSSR count). The van der Waals surface area contributed by atoms with Gasteiger partial charge in [0.05, 0.1) is 6.26 Å². The second kappa shape index (κ2) is 5.34. The second-order valence-corrected chi connectivity index (χ2v) is 3.29. The van der Waals surface area contributed by atoms with Gasteiger partial charge in [-0.25, -0.2) is 9.59 Å². The van der Waals surface area contributed by atoms with E-state index in [1.807, 2.05) is 6.92 Å². The van der Waals surface area contributed by atoms with Gasteiger partial charge in [-0.15, -0.1) is 0 Å². The monoisotopic (exact) mass is 210 g/mol. The highest BCUT2D eigenvalue weighted by molar-refractivity contribution is 5.92. The molecule has 0 N–H and O–H groups in total. The van der Waals surface area contributed by atoms with E-state index in [2.05, 4.69) is 0 Å². The van der Waals surface area contributed by atoms with Crippen LogP contribution in [-0.2, 0) is 19.1 Å². The van der Waals surface area contributed by atoms with Crippen molar-refractivity contribution in [2.75, 3.05) is 0 Å². The van der Waals surface area contributed by atoms with Gasteiger partial charge in [0.2, 0.25) is 0 Å². The molecule has 1 atom stereocenters. The van der Waals surface area contributed by atoms with E-state index >= 15 is 0 Å². The number of carbonyl (C=O) groups is 2. The summed E-state index contributed by atoms with van der Waals surface area (Å²) in [5.41, 5.74) is 0.808. The summed E-state index contributed by atoms with van der Waals surface area (Å²) in [5.74, 6) is -1.09. The SMILES string of the molecule is CCC/C1=C/OC(=O)/C=C\C(=O)OC1C. The number of cyclic esters (lactones) is 2. The average molecular weight is 210 g/mol. The first-order valence-corrected chi connectivity index (χ1v) is 4.91. The van der Waals surface area contributed by atoms with E-state index in [1.165, 1.54) is 6.26 Å². The van der Waals surface area contributed by atoms with E-state index in [4.69, 9.17) is 9.47 Å². The average Bonchev–Trinajstić information content (AvgIpc) is 2.24. The zero-order valence-electron chi connectivity index (χ0n) is 8.86. The summed E-state index contributed by atoms with van der Waals surface area (Å²) >= 11 is 0. The van der Waals surface area contributed by atoms with Gasteiger partial charge in [0, 0.05) is 17.7 Å². The summed E-state index contributed by atoms with van der Waals surface area (Å²) in [4.78, 5) is 22.2. The molecule has 0 aliphatic carbocycles. The quantitative estimate of drug-likeness (QED) is 0.651. The maximum absolute atomic E-state index is 11.2. The van der Waals surface area contributed by atoms with Crippen LogP contribution >= 0.6 is 0 Å². The lowest BCUT2D eigenvalue weighted by Gasteiger charge is -2.14. The second-order valence-electron chi connectivity index (χ2n) is 3.29. The number of hydrogen-bond donors (Lipinski definition) is 0. The van der Waals surface area contributed by atoms with Crippen LogP contribution in [0.2, 0.25) is 0 Å². The largest absolute Gasteiger partial charge is 0.455 e. The molecular formula is C11H14O4. The molecule has 1 unspecified atom stereocenters. The third-order valence-electron chi connectivity index (χ3n) is 2.04. The Morgan fingerprint density at radius 3 is 2.60 bits per heavy atom. The first kappa shape index (κ1) is 11.5. The number of carbonyl (C=O) groups excluding carboxylic acids is 2. The van der Waals surface area contributed by atoms with Crippen LogP contribution in [0.25, 0.3) is 0 Å². The lowest BCUT2D eigenvalue weighted by Crippen LogP contribution is -2.15. The third kappa shape index (κ3) is 3.58. The van der Waals surface area contributed by atoms with E-state index < -0.39 is 11.9 Å². The van der Waals surface area contributed by atoms with Crippen LogP contribution in [0, 0.1) is 0 Å². The summed E-state index contributed by atoms with van der Waals surface area (Å²) in [6, 6.07) is 0. The van der Waals surface area contributed by atoms with Crippen molar-refractivity contribution >= 4 is 11.9 Å². The number of hydrogen-bond acceptors (Lipinski definition) is 4. The van der Waals surface area contributed by atoms with E-state index in [9.17, 15) is 9.59 Å². The van der Waals surface area contributed by atoms with Gasteiger partial charge in [0.1, 0.15) is 6.10 Å². The van der Waals surface area contributed by atoms with E-state index in [-0.39, 0.29) is 6.10 Å². The zero-order valence-corrected chi connectivity index (χ0v) is 8.86. The molecule has 0 fully saturated rings. The van der Waals surface area contributed by atoms with Crippen molar-refractivity contribution in [2.45, 2.75) is 32.8 Å². The maximum atomic E-state index is 11.2. The topological polar surface area (TPSA) is 52.6 Å². The molecule has 0 aromatic carbocycles. The molecule has 0 saturated heterocycles. The Balaban J connectivity index is 2.84. The molecule has 1 heterocycles. The number of rotatable bonds is 2. The molecule has 0 aromatic heterocycles. The Labute approximate surface area is 88.6 Å². The van der Waals surface area contributed by atoms with Gasteiger partial charge in [-0.3, -0.25) is 0 Å². The van der Waals surface area contributed by atoms with Crippen LogP contribution in [0.15, 0.2) is 24.0 Å². The van der Waals surface area contributed by atoms with Crippen LogP contribution in [0.3, 0.4) is 0 Å². The molecule has 0 saturated carbocycles. The van der Waals surface area contributed by atoms with Crippen molar-refractivity contribution in [3.05, 3.63) is 24.0 Å². The molecule has 82 valence electrons. The van der Waals surface area contributed by atoms with E-state index in [1.54, 1.807) is 6.92 Å². The fraction of sp³-hybridized carbons (Fsp3) is 0.455. The minimum Gasteiger partial charge on any atom is -0.455 e. The zero-order chi connectivity index (χ0) is 11.3.